The molecule has 2 aromatic heterocycles. The molecule has 0 bridgehead atoms. The van der Waals surface area contributed by atoms with Crippen LogP contribution in [0.1, 0.15) is 13.3 Å². The molecule has 0 amide bonds. The minimum absolute atomic E-state index is 0.311. The van der Waals surface area contributed by atoms with Gasteiger partial charge in [-0.2, -0.15) is 20.1 Å². The van der Waals surface area contributed by atoms with Gasteiger partial charge >= 0.3 is 0 Å². The number of nitrogens with two attached hydrogens (primary N) is 1. The maximum absolute atomic E-state index is 5.35. The zero-order valence-electron chi connectivity index (χ0n) is 9.91. The SMILES string of the molecule is CC1CC1Nc1nc(NN)nc(-n2cccn2)n1. The normalized spacial score (nSPS) is 21.7. The van der Waals surface area contributed by atoms with E-state index in [4.69, 9.17) is 5.84 Å². The van der Waals surface area contributed by atoms with Crippen molar-refractivity contribution in [1.82, 2.24) is 24.7 Å². The van der Waals surface area contributed by atoms with Crippen molar-refractivity contribution in [2.75, 3.05) is 10.7 Å². The summed E-state index contributed by atoms with van der Waals surface area (Å²) < 4.78 is 1.56. The summed E-state index contributed by atoms with van der Waals surface area (Å²) in [5, 5.41) is 7.32. The number of hydrogen-bond acceptors (Lipinski definition) is 7. The first kappa shape index (κ1) is 10.9. The van der Waals surface area contributed by atoms with E-state index in [1.165, 1.54) is 0 Å². The topological polar surface area (TPSA) is 107 Å². The van der Waals surface area contributed by atoms with Gasteiger partial charge in [-0.3, -0.25) is 5.43 Å². The Labute approximate surface area is 104 Å². The molecule has 0 aromatic carbocycles. The van der Waals surface area contributed by atoms with Crippen LogP contribution >= 0.6 is 0 Å². The summed E-state index contributed by atoms with van der Waals surface area (Å²) in [4.78, 5) is 12.6. The third-order valence-electron chi connectivity index (χ3n) is 2.89. The smallest absolute Gasteiger partial charge is 0.257 e. The maximum Gasteiger partial charge on any atom is 0.257 e. The van der Waals surface area contributed by atoms with E-state index in [-0.39, 0.29) is 0 Å². The quantitative estimate of drug-likeness (QED) is 0.521. The molecule has 0 spiro atoms. The average Bonchev–Trinajstić information content (AvgIpc) is 2.86. The largest absolute Gasteiger partial charge is 0.351 e. The lowest BCUT2D eigenvalue weighted by molar-refractivity contribution is 0.793. The van der Waals surface area contributed by atoms with Gasteiger partial charge in [0.1, 0.15) is 0 Å². The van der Waals surface area contributed by atoms with Gasteiger partial charge in [0.2, 0.25) is 11.9 Å². The van der Waals surface area contributed by atoms with Crippen molar-refractivity contribution < 1.29 is 0 Å². The number of hydrogen-bond donors (Lipinski definition) is 3. The lowest BCUT2D eigenvalue weighted by atomic mass is 10.5. The third kappa shape index (κ3) is 2.09. The van der Waals surface area contributed by atoms with Crippen LogP contribution in [-0.4, -0.2) is 30.8 Å². The molecular formula is C10H14N8. The molecular weight excluding hydrogens is 232 g/mol. The summed E-state index contributed by atoms with van der Waals surface area (Å²) in [6.45, 7) is 2.18. The van der Waals surface area contributed by atoms with Crippen molar-refractivity contribution in [3.63, 3.8) is 0 Å². The summed E-state index contributed by atoms with van der Waals surface area (Å²) in [6, 6.07) is 2.23. The third-order valence-corrected chi connectivity index (χ3v) is 2.89. The van der Waals surface area contributed by atoms with Gasteiger partial charge in [-0.15, -0.1) is 0 Å². The van der Waals surface area contributed by atoms with E-state index in [9.17, 15) is 0 Å². The number of nitrogen functional groups attached to an aromatic ring is 1. The summed E-state index contributed by atoms with van der Waals surface area (Å²) in [5.74, 6) is 7.26. The van der Waals surface area contributed by atoms with Crippen molar-refractivity contribution in [1.29, 1.82) is 0 Å². The lowest BCUT2D eigenvalue weighted by Gasteiger charge is -2.07. The zero-order valence-corrected chi connectivity index (χ0v) is 9.91. The van der Waals surface area contributed by atoms with E-state index in [1.807, 2.05) is 0 Å². The predicted molar refractivity (Wildman–Crippen MR) is 66.0 cm³/mol. The van der Waals surface area contributed by atoms with E-state index in [1.54, 1.807) is 23.1 Å². The second-order valence-electron chi connectivity index (χ2n) is 4.34. The number of anilines is 2. The molecule has 1 saturated carbocycles. The second kappa shape index (κ2) is 4.22. The summed E-state index contributed by atoms with van der Waals surface area (Å²) in [5.41, 5.74) is 2.43. The molecule has 2 aromatic rings. The van der Waals surface area contributed by atoms with E-state index in [2.05, 4.69) is 37.7 Å². The summed E-state index contributed by atoms with van der Waals surface area (Å²) in [6.07, 6.45) is 4.56. The van der Waals surface area contributed by atoms with Gasteiger partial charge in [-0.25, -0.2) is 10.5 Å². The molecule has 8 nitrogen and oxygen atoms in total. The fraction of sp³-hybridized carbons (Fsp3) is 0.400. The number of nitrogens with one attached hydrogen (secondary N) is 2. The number of rotatable bonds is 4. The number of hydrazine groups is 1. The standard InChI is InChI=1S/C10H14N8/c1-6-5-7(6)13-8-14-9(17-11)16-10(15-8)18-4-2-3-12-18/h2-4,6-7H,5,11H2,1H3,(H2,13,14,15,16,17). The minimum Gasteiger partial charge on any atom is -0.351 e. The Kier molecular flexibility index (Phi) is 2.56. The molecule has 0 radical (unpaired) electrons. The lowest BCUT2D eigenvalue weighted by Crippen LogP contribution is -2.17. The fourth-order valence-corrected chi connectivity index (χ4v) is 1.67. The van der Waals surface area contributed by atoms with Crippen LogP contribution in [0.3, 0.4) is 0 Å². The van der Waals surface area contributed by atoms with E-state index in [0.29, 0.717) is 29.8 Å². The molecule has 18 heavy (non-hydrogen) atoms. The van der Waals surface area contributed by atoms with Crippen molar-refractivity contribution in [3.8, 4) is 5.95 Å². The molecule has 2 heterocycles. The fourth-order valence-electron chi connectivity index (χ4n) is 1.67. The van der Waals surface area contributed by atoms with Crippen LogP contribution < -0.4 is 16.6 Å². The highest BCUT2D eigenvalue weighted by atomic mass is 15.4. The Morgan fingerprint density at radius 3 is 2.72 bits per heavy atom. The molecule has 2 unspecified atom stereocenters. The highest BCUT2D eigenvalue weighted by Crippen LogP contribution is 2.31. The Balaban J connectivity index is 1.91. The van der Waals surface area contributed by atoms with Gasteiger partial charge in [-0.05, 0) is 18.4 Å². The Morgan fingerprint density at radius 1 is 1.33 bits per heavy atom. The van der Waals surface area contributed by atoms with Crippen LogP contribution in [0, 0.1) is 5.92 Å². The Morgan fingerprint density at radius 2 is 2.11 bits per heavy atom. The first-order chi connectivity index (χ1) is 8.76. The predicted octanol–water partition coefficient (Wildman–Crippen LogP) is 0.163. The Hall–Kier alpha value is -2.22. The molecule has 1 aliphatic rings. The van der Waals surface area contributed by atoms with E-state index < -0.39 is 0 Å². The highest BCUT2D eigenvalue weighted by Gasteiger charge is 2.33. The molecule has 3 rings (SSSR count). The van der Waals surface area contributed by atoms with Crippen LogP contribution in [0.4, 0.5) is 11.9 Å². The van der Waals surface area contributed by atoms with Gasteiger partial charge in [0, 0.05) is 18.4 Å². The van der Waals surface area contributed by atoms with Crippen LogP contribution in [-0.2, 0) is 0 Å². The van der Waals surface area contributed by atoms with Gasteiger partial charge in [0.05, 0.1) is 0 Å². The molecule has 1 fully saturated rings. The molecule has 8 heteroatoms. The van der Waals surface area contributed by atoms with Crippen molar-refractivity contribution >= 4 is 11.9 Å². The van der Waals surface area contributed by atoms with Crippen LogP contribution in [0.15, 0.2) is 18.5 Å². The van der Waals surface area contributed by atoms with Crippen molar-refractivity contribution in [2.24, 2.45) is 11.8 Å². The Bertz CT molecular complexity index is 537. The second-order valence-corrected chi connectivity index (χ2v) is 4.34. The maximum atomic E-state index is 5.35. The van der Waals surface area contributed by atoms with Gasteiger partial charge in [0.15, 0.2) is 0 Å². The molecule has 94 valence electrons. The van der Waals surface area contributed by atoms with E-state index in [0.717, 1.165) is 6.42 Å². The summed E-state index contributed by atoms with van der Waals surface area (Å²) in [7, 11) is 0. The molecule has 0 aliphatic heterocycles. The summed E-state index contributed by atoms with van der Waals surface area (Å²) >= 11 is 0. The van der Waals surface area contributed by atoms with Crippen molar-refractivity contribution in [2.45, 2.75) is 19.4 Å². The van der Waals surface area contributed by atoms with E-state index >= 15 is 0 Å². The van der Waals surface area contributed by atoms with Crippen LogP contribution in [0.25, 0.3) is 5.95 Å². The number of nitrogens with zero attached hydrogens (tertiary/aromatic N) is 5. The average molecular weight is 246 g/mol. The van der Waals surface area contributed by atoms with Gasteiger partial charge in [0.25, 0.3) is 5.95 Å². The molecule has 4 N–H and O–H groups in total. The van der Waals surface area contributed by atoms with Crippen LogP contribution in [0.5, 0.6) is 0 Å². The first-order valence-corrected chi connectivity index (χ1v) is 5.75. The monoisotopic (exact) mass is 246 g/mol. The van der Waals surface area contributed by atoms with Crippen LogP contribution in [0.2, 0.25) is 0 Å². The minimum atomic E-state index is 0.311. The molecule has 1 aliphatic carbocycles. The van der Waals surface area contributed by atoms with Gasteiger partial charge < -0.3 is 5.32 Å². The molecule has 0 saturated heterocycles. The van der Waals surface area contributed by atoms with Gasteiger partial charge in [-0.1, -0.05) is 6.92 Å². The molecule has 2 atom stereocenters. The first-order valence-electron chi connectivity index (χ1n) is 5.75. The highest BCUT2D eigenvalue weighted by molar-refractivity contribution is 5.38. The van der Waals surface area contributed by atoms with Crippen molar-refractivity contribution in [3.05, 3.63) is 18.5 Å². The zero-order chi connectivity index (χ0) is 12.5. The number of aromatic nitrogens is 5.